The highest BCUT2D eigenvalue weighted by molar-refractivity contribution is 6.15. The third-order valence-corrected chi connectivity index (χ3v) is 5.01. The standard InChI is InChI=1S/C24H34N6O/c1-5-6-9-17(15-28-2)18-12-8-13-19(24(18)31-4)30-20(14-21(25)26)22(27)23(29-3)16-10-7-11-16/h6,8-9,12-15,27-30H,5,7,10-11H2,1-4H3,(H3,25,26)/b9-6-,17-15+,20-14+,27-22?. The molecular weight excluding hydrogens is 388 g/mol. The minimum atomic E-state index is -0.127. The van der Waals surface area contributed by atoms with Gasteiger partial charge in [-0.1, -0.05) is 31.2 Å². The fourth-order valence-electron chi connectivity index (χ4n) is 3.39. The average molecular weight is 423 g/mol. The Labute approximate surface area is 185 Å². The van der Waals surface area contributed by atoms with Crippen LogP contribution in [0.5, 0.6) is 5.75 Å². The monoisotopic (exact) mass is 422 g/mol. The minimum Gasteiger partial charge on any atom is -0.494 e. The number of allylic oxidation sites excluding steroid dienone is 4. The smallest absolute Gasteiger partial charge is 0.150 e. The lowest BCUT2D eigenvalue weighted by Gasteiger charge is -2.24. The number of hydrogen-bond acceptors (Lipinski definition) is 6. The molecule has 1 aromatic carbocycles. The van der Waals surface area contributed by atoms with E-state index in [9.17, 15) is 0 Å². The molecule has 0 amide bonds. The molecule has 1 saturated carbocycles. The summed E-state index contributed by atoms with van der Waals surface area (Å²) in [6.07, 6.45) is 11.5. The lowest BCUT2D eigenvalue weighted by molar-refractivity contribution is 0.415. The summed E-state index contributed by atoms with van der Waals surface area (Å²) in [6.45, 7) is 2.09. The van der Waals surface area contributed by atoms with Crippen LogP contribution in [0.4, 0.5) is 5.69 Å². The van der Waals surface area contributed by atoms with E-state index in [2.05, 4.69) is 29.0 Å². The molecule has 166 valence electrons. The van der Waals surface area contributed by atoms with Gasteiger partial charge in [-0.25, -0.2) is 0 Å². The number of rotatable bonds is 11. The lowest BCUT2D eigenvalue weighted by atomic mass is 9.88. The van der Waals surface area contributed by atoms with Gasteiger partial charge in [0.2, 0.25) is 0 Å². The van der Waals surface area contributed by atoms with Gasteiger partial charge in [-0.2, -0.15) is 0 Å². The van der Waals surface area contributed by atoms with E-state index < -0.39 is 0 Å². The number of anilines is 1. The molecule has 2 rings (SSSR count). The van der Waals surface area contributed by atoms with Crippen molar-refractivity contribution in [3.05, 3.63) is 65.2 Å². The third kappa shape index (κ3) is 6.01. The summed E-state index contributed by atoms with van der Waals surface area (Å²) >= 11 is 0. The van der Waals surface area contributed by atoms with E-state index in [-0.39, 0.29) is 11.5 Å². The molecule has 0 saturated heterocycles. The van der Waals surface area contributed by atoms with Crippen LogP contribution in [-0.4, -0.2) is 32.8 Å². The summed E-state index contributed by atoms with van der Waals surface area (Å²) in [4.78, 5) is 0. The normalized spacial score (nSPS) is 14.1. The molecule has 0 bridgehead atoms. The highest BCUT2D eigenvalue weighted by Gasteiger charge is 2.21. The van der Waals surface area contributed by atoms with E-state index in [1.807, 2.05) is 44.6 Å². The fraction of sp³-hybridized carbons (Fsp3) is 0.333. The third-order valence-electron chi connectivity index (χ3n) is 5.01. The van der Waals surface area contributed by atoms with Gasteiger partial charge in [0.15, 0.2) is 0 Å². The fourth-order valence-corrected chi connectivity index (χ4v) is 3.39. The van der Waals surface area contributed by atoms with Gasteiger partial charge in [-0.05, 0) is 37.3 Å². The van der Waals surface area contributed by atoms with Gasteiger partial charge >= 0.3 is 0 Å². The molecule has 31 heavy (non-hydrogen) atoms. The summed E-state index contributed by atoms with van der Waals surface area (Å²) in [5.41, 5.74) is 11.0. The van der Waals surface area contributed by atoms with Gasteiger partial charge in [0.1, 0.15) is 17.3 Å². The molecule has 0 spiro atoms. The molecule has 0 radical (unpaired) electrons. The summed E-state index contributed by atoms with van der Waals surface area (Å²) < 4.78 is 5.76. The second-order valence-electron chi connectivity index (χ2n) is 7.18. The van der Waals surface area contributed by atoms with Gasteiger partial charge in [-0.15, -0.1) is 0 Å². The van der Waals surface area contributed by atoms with Crippen molar-refractivity contribution in [2.75, 3.05) is 26.5 Å². The van der Waals surface area contributed by atoms with Crippen molar-refractivity contribution in [1.29, 1.82) is 10.8 Å². The highest BCUT2D eigenvalue weighted by atomic mass is 16.5. The van der Waals surface area contributed by atoms with Crippen molar-refractivity contribution in [2.45, 2.75) is 32.6 Å². The molecule has 1 aliphatic carbocycles. The summed E-state index contributed by atoms with van der Waals surface area (Å²) in [7, 11) is 5.30. The van der Waals surface area contributed by atoms with E-state index in [0.717, 1.165) is 42.5 Å². The molecule has 0 atom stereocenters. The zero-order chi connectivity index (χ0) is 22.8. The van der Waals surface area contributed by atoms with Crippen molar-refractivity contribution < 1.29 is 4.74 Å². The maximum absolute atomic E-state index is 8.76. The predicted octanol–water partition coefficient (Wildman–Crippen LogP) is 4.13. The first-order valence-electron chi connectivity index (χ1n) is 10.5. The van der Waals surface area contributed by atoms with Gasteiger partial charge in [-0.3, -0.25) is 10.8 Å². The Morgan fingerprint density at radius 1 is 1.23 bits per heavy atom. The first-order valence-corrected chi connectivity index (χ1v) is 10.5. The highest BCUT2D eigenvalue weighted by Crippen LogP contribution is 2.35. The number of para-hydroxylation sites is 1. The Bertz CT molecular complexity index is 933. The predicted molar refractivity (Wildman–Crippen MR) is 131 cm³/mol. The van der Waals surface area contributed by atoms with Crippen LogP contribution in [0.25, 0.3) is 5.57 Å². The van der Waals surface area contributed by atoms with E-state index in [1.54, 1.807) is 7.11 Å². The number of benzene rings is 1. The first kappa shape index (κ1) is 23.8. The van der Waals surface area contributed by atoms with Gasteiger partial charge in [0.25, 0.3) is 0 Å². The summed E-state index contributed by atoms with van der Waals surface area (Å²) in [6, 6.07) is 5.81. The van der Waals surface area contributed by atoms with Crippen molar-refractivity contribution >= 4 is 22.8 Å². The number of nitrogens with two attached hydrogens (primary N) is 1. The zero-order valence-electron chi connectivity index (χ0n) is 18.9. The van der Waals surface area contributed by atoms with Crippen LogP contribution in [0.15, 0.2) is 59.6 Å². The summed E-state index contributed by atoms with van der Waals surface area (Å²) in [5, 5.41) is 26.0. The number of hydrogen-bond donors (Lipinski definition) is 6. The van der Waals surface area contributed by atoms with Crippen LogP contribution in [0.3, 0.4) is 0 Å². The number of amidine groups is 1. The molecule has 7 N–H and O–H groups in total. The molecule has 0 aliphatic heterocycles. The molecule has 1 aliphatic rings. The summed E-state index contributed by atoms with van der Waals surface area (Å²) in [5.74, 6) is 0.521. The molecule has 0 unspecified atom stereocenters. The van der Waals surface area contributed by atoms with Crippen molar-refractivity contribution in [3.63, 3.8) is 0 Å². The SMILES string of the molecule is CC/C=C\C(=C/NC)c1cccc(N/C(=C/C(=N)N)C(=N)C(NC)=C2CCC2)c1OC. The molecule has 7 heteroatoms. The van der Waals surface area contributed by atoms with Crippen LogP contribution in [0, 0.1) is 10.8 Å². The van der Waals surface area contributed by atoms with Crippen LogP contribution >= 0.6 is 0 Å². The Kier molecular flexibility index (Phi) is 8.94. The minimum absolute atomic E-state index is 0.127. The van der Waals surface area contributed by atoms with Crippen LogP contribution in [-0.2, 0) is 0 Å². The molecule has 0 heterocycles. The second kappa shape index (κ2) is 11.6. The quantitative estimate of drug-likeness (QED) is 0.182. The van der Waals surface area contributed by atoms with Crippen LogP contribution < -0.4 is 26.4 Å². The van der Waals surface area contributed by atoms with E-state index in [4.69, 9.17) is 21.3 Å². The maximum Gasteiger partial charge on any atom is 0.150 e. The van der Waals surface area contributed by atoms with Crippen LogP contribution in [0.2, 0.25) is 0 Å². The molecule has 1 aromatic rings. The largest absolute Gasteiger partial charge is 0.494 e. The van der Waals surface area contributed by atoms with Crippen molar-refractivity contribution in [1.82, 2.24) is 10.6 Å². The number of nitrogens with one attached hydrogen (secondary N) is 5. The molecular formula is C24H34N6O. The van der Waals surface area contributed by atoms with E-state index in [1.165, 1.54) is 11.6 Å². The molecule has 1 fully saturated rings. The molecule has 0 aromatic heterocycles. The van der Waals surface area contributed by atoms with Gasteiger partial charge in [0, 0.05) is 37.5 Å². The topological polar surface area (TPSA) is 119 Å². The Morgan fingerprint density at radius 3 is 2.48 bits per heavy atom. The zero-order valence-corrected chi connectivity index (χ0v) is 18.9. The lowest BCUT2D eigenvalue weighted by Crippen LogP contribution is -2.26. The van der Waals surface area contributed by atoms with E-state index in [0.29, 0.717) is 17.1 Å². The maximum atomic E-state index is 8.76. The van der Waals surface area contributed by atoms with Crippen molar-refractivity contribution in [3.8, 4) is 5.75 Å². The van der Waals surface area contributed by atoms with Crippen LogP contribution in [0.1, 0.15) is 38.2 Å². The Balaban J connectivity index is 2.51. The molecule has 7 nitrogen and oxygen atoms in total. The van der Waals surface area contributed by atoms with Gasteiger partial charge < -0.3 is 26.4 Å². The van der Waals surface area contributed by atoms with Gasteiger partial charge in [0.05, 0.1) is 24.2 Å². The van der Waals surface area contributed by atoms with E-state index >= 15 is 0 Å². The second-order valence-corrected chi connectivity index (χ2v) is 7.18. The number of ether oxygens (including phenoxy) is 1. The van der Waals surface area contributed by atoms with Crippen molar-refractivity contribution in [2.24, 2.45) is 5.73 Å². The average Bonchev–Trinajstić information content (AvgIpc) is 2.72. The Morgan fingerprint density at radius 2 is 1.97 bits per heavy atom. The first-order chi connectivity index (χ1) is 15.0. The number of methoxy groups -OCH3 is 1. The Hall–Kier alpha value is -3.48.